The Morgan fingerprint density at radius 1 is 1.06 bits per heavy atom. The van der Waals surface area contributed by atoms with Crippen LogP contribution in [-0.4, -0.2) is 18.0 Å². The minimum atomic E-state index is -0.270. The van der Waals surface area contributed by atoms with Gasteiger partial charge in [-0.15, -0.1) is 11.3 Å². The van der Waals surface area contributed by atoms with E-state index >= 15 is 0 Å². The van der Waals surface area contributed by atoms with Gasteiger partial charge in [-0.2, -0.15) is 0 Å². The lowest BCUT2D eigenvalue weighted by atomic mass is 10.0. The van der Waals surface area contributed by atoms with Crippen LogP contribution >= 0.6 is 11.3 Å². The number of para-hydroxylation sites is 1. The molecule has 1 amide bonds. The highest BCUT2D eigenvalue weighted by atomic mass is 32.1. The molecule has 7 heteroatoms. The Morgan fingerprint density at radius 3 is 2.53 bits per heavy atom. The summed E-state index contributed by atoms with van der Waals surface area (Å²) in [5.41, 5.74) is 10.0. The van der Waals surface area contributed by atoms with Crippen LogP contribution in [0.3, 0.4) is 0 Å². The second kappa shape index (κ2) is 8.20. The summed E-state index contributed by atoms with van der Waals surface area (Å²) in [5, 5.41) is 3.61. The van der Waals surface area contributed by atoms with Crippen LogP contribution in [0.2, 0.25) is 0 Å². The third kappa shape index (κ3) is 3.59. The van der Waals surface area contributed by atoms with Crippen LogP contribution in [0.15, 0.2) is 83.5 Å². The number of carbonyl (C=O) groups is 1. The topological polar surface area (TPSA) is 90.4 Å². The van der Waals surface area contributed by atoms with Crippen molar-refractivity contribution in [3.05, 3.63) is 83.9 Å². The molecule has 2 aromatic carbocycles. The quantitative estimate of drug-likeness (QED) is 0.346. The fourth-order valence-corrected chi connectivity index (χ4v) is 4.55. The highest BCUT2D eigenvalue weighted by molar-refractivity contribution is 7.21. The molecule has 0 aliphatic carbocycles. The Hall–Kier alpha value is -4.10. The third-order valence-electron chi connectivity index (χ3n) is 5.11. The maximum Gasteiger partial charge on any atom is 0.267 e. The fourth-order valence-electron chi connectivity index (χ4n) is 3.53. The number of thiophene rings is 1. The van der Waals surface area contributed by atoms with Crippen molar-refractivity contribution in [2.75, 3.05) is 18.2 Å². The molecule has 3 heterocycles. The summed E-state index contributed by atoms with van der Waals surface area (Å²) in [6, 6.07) is 22.6. The van der Waals surface area contributed by atoms with Gasteiger partial charge in [0.05, 0.1) is 24.8 Å². The van der Waals surface area contributed by atoms with Crippen molar-refractivity contribution in [3.63, 3.8) is 0 Å². The number of carbonyl (C=O) groups excluding carboxylic acids is 1. The molecule has 0 aliphatic rings. The molecule has 0 aliphatic heterocycles. The standard InChI is InChI=1S/C25H19N3O3S/c1-30-17-11-9-15(10-12-17)19-14-18(20-8-5-13-31-20)21-22(26)23(32-25(21)28-19)24(29)27-16-6-3-2-4-7-16/h2-14H,26H2,1H3,(H,27,29). The molecule has 0 radical (unpaired) electrons. The van der Waals surface area contributed by atoms with Gasteiger partial charge in [0.1, 0.15) is 21.2 Å². The van der Waals surface area contributed by atoms with Gasteiger partial charge in [-0.05, 0) is 54.6 Å². The first-order valence-electron chi connectivity index (χ1n) is 9.92. The number of ether oxygens (including phenoxy) is 1. The van der Waals surface area contributed by atoms with Gasteiger partial charge in [0.2, 0.25) is 0 Å². The molecule has 6 nitrogen and oxygen atoms in total. The number of anilines is 2. The summed E-state index contributed by atoms with van der Waals surface area (Å²) in [4.78, 5) is 18.9. The van der Waals surface area contributed by atoms with E-state index in [0.717, 1.165) is 22.6 Å². The first kappa shape index (κ1) is 19.8. The minimum absolute atomic E-state index is 0.270. The van der Waals surface area contributed by atoms with Crippen LogP contribution in [0.25, 0.3) is 32.8 Å². The molecule has 158 valence electrons. The molecular formula is C25H19N3O3S. The van der Waals surface area contributed by atoms with Gasteiger partial charge in [-0.1, -0.05) is 18.2 Å². The number of hydrogen-bond acceptors (Lipinski definition) is 6. The number of nitrogens with two attached hydrogens (primary N) is 1. The highest BCUT2D eigenvalue weighted by Gasteiger charge is 2.22. The average molecular weight is 442 g/mol. The molecule has 3 aromatic heterocycles. The molecule has 0 saturated carbocycles. The molecule has 0 saturated heterocycles. The highest BCUT2D eigenvalue weighted by Crippen LogP contribution is 2.41. The number of benzene rings is 2. The summed E-state index contributed by atoms with van der Waals surface area (Å²) >= 11 is 1.26. The van der Waals surface area contributed by atoms with Crippen molar-refractivity contribution in [3.8, 4) is 28.3 Å². The molecular weight excluding hydrogens is 422 g/mol. The van der Waals surface area contributed by atoms with Gasteiger partial charge in [0, 0.05) is 22.2 Å². The van der Waals surface area contributed by atoms with Crippen molar-refractivity contribution in [1.82, 2.24) is 4.98 Å². The lowest BCUT2D eigenvalue weighted by molar-refractivity contribution is 0.103. The Kier molecular flexibility index (Phi) is 5.09. The fraction of sp³-hybridized carbons (Fsp3) is 0.0400. The van der Waals surface area contributed by atoms with Crippen molar-refractivity contribution in [2.24, 2.45) is 0 Å². The average Bonchev–Trinajstić information content (AvgIpc) is 3.48. The van der Waals surface area contributed by atoms with E-state index in [4.69, 9.17) is 19.9 Å². The number of nitrogens with one attached hydrogen (secondary N) is 1. The second-order valence-corrected chi connectivity index (χ2v) is 8.11. The molecule has 3 N–H and O–H groups in total. The first-order chi connectivity index (χ1) is 15.6. The van der Waals surface area contributed by atoms with Crippen LogP contribution < -0.4 is 15.8 Å². The monoisotopic (exact) mass is 441 g/mol. The Morgan fingerprint density at radius 2 is 1.84 bits per heavy atom. The number of rotatable bonds is 5. The number of amides is 1. The van der Waals surface area contributed by atoms with Gasteiger partial charge >= 0.3 is 0 Å². The first-order valence-corrected chi connectivity index (χ1v) is 10.7. The normalized spacial score (nSPS) is 10.9. The van der Waals surface area contributed by atoms with Gasteiger partial charge in [0.15, 0.2) is 0 Å². The number of methoxy groups -OCH3 is 1. The molecule has 0 spiro atoms. The maximum absolute atomic E-state index is 13.0. The van der Waals surface area contributed by atoms with E-state index in [-0.39, 0.29) is 5.91 Å². The molecule has 5 rings (SSSR count). The van der Waals surface area contributed by atoms with Gasteiger partial charge in [0.25, 0.3) is 5.91 Å². The number of nitrogen functional groups attached to an aromatic ring is 1. The number of nitrogens with zero attached hydrogens (tertiary/aromatic N) is 1. The molecule has 5 aromatic rings. The number of furan rings is 1. The largest absolute Gasteiger partial charge is 0.497 e. The van der Waals surface area contributed by atoms with Crippen LogP contribution in [0.1, 0.15) is 9.67 Å². The maximum atomic E-state index is 13.0. The number of fused-ring (bicyclic) bond motifs is 1. The summed E-state index contributed by atoms with van der Waals surface area (Å²) in [6.45, 7) is 0. The molecule has 0 atom stereocenters. The SMILES string of the molecule is COc1ccc(-c2cc(-c3ccco3)c3c(N)c(C(=O)Nc4ccccc4)sc3n2)cc1. The predicted molar refractivity (Wildman–Crippen MR) is 128 cm³/mol. The van der Waals surface area contributed by atoms with Crippen molar-refractivity contribution < 1.29 is 13.9 Å². The van der Waals surface area contributed by atoms with E-state index in [9.17, 15) is 4.79 Å². The van der Waals surface area contributed by atoms with Crippen molar-refractivity contribution in [2.45, 2.75) is 0 Å². The van der Waals surface area contributed by atoms with Crippen molar-refractivity contribution >= 4 is 38.8 Å². The summed E-state index contributed by atoms with van der Waals surface area (Å²) in [5.74, 6) is 1.15. The van der Waals surface area contributed by atoms with Crippen LogP contribution in [0, 0.1) is 0 Å². The zero-order valence-corrected chi connectivity index (χ0v) is 18.0. The van der Waals surface area contributed by atoms with E-state index in [1.165, 1.54) is 11.3 Å². The van der Waals surface area contributed by atoms with E-state index in [0.29, 0.717) is 32.2 Å². The summed E-state index contributed by atoms with van der Waals surface area (Å²) in [7, 11) is 1.63. The molecule has 0 bridgehead atoms. The number of pyridine rings is 1. The zero-order chi connectivity index (χ0) is 22.1. The molecule has 0 fully saturated rings. The molecule has 32 heavy (non-hydrogen) atoms. The van der Waals surface area contributed by atoms with Crippen molar-refractivity contribution in [1.29, 1.82) is 0 Å². The predicted octanol–water partition coefficient (Wildman–Crippen LogP) is 6.07. The number of aromatic nitrogens is 1. The Labute approximate surface area is 188 Å². The lowest BCUT2D eigenvalue weighted by Gasteiger charge is -2.07. The van der Waals surface area contributed by atoms with Gasteiger partial charge in [-0.25, -0.2) is 4.98 Å². The third-order valence-corrected chi connectivity index (χ3v) is 6.21. The van der Waals surface area contributed by atoms with Crippen LogP contribution in [0.5, 0.6) is 5.75 Å². The van der Waals surface area contributed by atoms with Crippen LogP contribution in [0.4, 0.5) is 11.4 Å². The smallest absolute Gasteiger partial charge is 0.267 e. The van der Waals surface area contributed by atoms with E-state index in [1.54, 1.807) is 13.4 Å². The number of hydrogen-bond donors (Lipinski definition) is 2. The summed E-state index contributed by atoms with van der Waals surface area (Å²) in [6.07, 6.45) is 1.61. The molecule has 0 unspecified atom stereocenters. The van der Waals surface area contributed by atoms with Gasteiger partial charge < -0.3 is 20.2 Å². The summed E-state index contributed by atoms with van der Waals surface area (Å²) < 4.78 is 10.9. The minimum Gasteiger partial charge on any atom is -0.497 e. The van der Waals surface area contributed by atoms with Crippen LogP contribution in [-0.2, 0) is 0 Å². The Bertz CT molecular complexity index is 1390. The van der Waals surface area contributed by atoms with E-state index in [1.807, 2.05) is 72.8 Å². The van der Waals surface area contributed by atoms with Gasteiger partial charge in [-0.3, -0.25) is 4.79 Å². The van der Waals surface area contributed by atoms with E-state index < -0.39 is 0 Å². The lowest BCUT2D eigenvalue weighted by Crippen LogP contribution is -2.11. The second-order valence-electron chi connectivity index (χ2n) is 7.11. The van der Waals surface area contributed by atoms with E-state index in [2.05, 4.69) is 5.32 Å². The zero-order valence-electron chi connectivity index (χ0n) is 17.2. The Balaban J connectivity index is 1.65.